The molecule has 0 radical (unpaired) electrons. The number of nitrogens with zero attached hydrogens (tertiary/aromatic N) is 2. The van der Waals surface area contributed by atoms with Crippen molar-refractivity contribution in [2.24, 2.45) is 0 Å². The van der Waals surface area contributed by atoms with Gasteiger partial charge in [-0.2, -0.15) is 0 Å². The Morgan fingerprint density at radius 1 is 1.67 bits per heavy atom. The Morgan fingerprint density at radius 2 is 2.39 bits per heavy atom. The number of aryl methyl sites for hydroxylation is 1. The number of carbonyl (C=O) groups is 2. The third kappa shape index (κ3) is 2.34. The van der Waals surface area contributed by atoms with Gasteiger partial charge in [0.1, 0.15) is 5.76 Å². The normalized spacial score (nSPS) is 23.3. The van der Waals surface area contributed by atoms with E-state index in [2.05, 4.69) is 5.16 Å². The fraction of sp³-hybridized carbons (Fsp3) is 0.545. The Balaban J connectivity index is 1.98. The SMILES string of the molecule is Cc1cc(CC(=O)N2CCC(F)(C(=O)O)C2)no1. The number of likely N-dealkylation sites (tertiary alicyclic amines) is 1. The Kier molecular flexibility index (Phi) is 3.06. The maximum atomic E-state index is 13.8. The second-order valence-electron chi connectivity index (χ2n) is 4.44. The average Bonchev–Trinajstić information content (AvgIpc) is 2.86. The van der Waals surface area contributed by atoms with Crippen LogP contribution in [-0.2, 0) is 16.0 Å². The standard InChI is InChI=1S/C11H13FN2O4/c1-7-4-8(13-18-7)5-9(15)14-3-2-11(12,6-14)10(16)17/h4H,2-3,5-6H2,1H3,(H,16,17). The molecule has 6 nitrogen and oxygen atoms in total. The molecule has 7 heteroatoms. The lowest BCUT2D eigenvalue weighted by molar-refractivity contribution is -0.150. The fourth-order valence-corrected chi connectivity index (χ4v) is 1.93. The van der Waals surface area contributed by atoms with E-state index in [9.17, 15) is 14.0 Å². The van der Waals surface area contributed by atoms with Gasteiger partial charge in [0, 0.05) is 19.0 Å². The summed E-state index contributed by atoms with van der Waals surface area (Å²) in [6.45, 7) is 1.41. The Hall–Kier alpha value is -1.92. The van der Waals surface area contributed by atoms with Crippen LogP contribution >= 0.6 is 0 Å². The number of aromatic nitrogens is 1. The summed E-state index contributed by atoms with van der Waals surface area (Å²) in [5.41, 5.74) is -1.86. The lowest BCUT2D eigenvalue weighted by Crippen LogP contribution is -2.39. The lowest BCUT2D eigenvalue weighted by Gasteiger charge is -2.17. The van der Waals surface area contributed by atoms with Crippen molar-refractivity contribution in [1.82, 2.24) is 10.1 Å². The van der Waals surface area contributed by atoms with E-state index in [1.54, 1.807) is 13.0 Å². The summed E-state index contributed by atoms with van der Waals surface area (Å²) in [6, 6.07) is 1.62. The van der Waals surface area contributed by atoms with Crippen LogP contribution in [0.15, 0.2) is 10.6 Å². The van der Waals surface area contributed by atoms with Gasteiger partial charge in [0.05, 0.1) is 18.7 Å². The van der Waals surface area contributed by atoms with E-state index in [0.29, 0.717) is 11.5 Å². The monoisotopic (exact) mass is 256 g/mol. The van der Waals surface area contributed by atoms with Crippen LogP contribution < -0.4 is 0 Å². The topological polar surface area (TPSA) is 83.6 Å². The number of rotatable bonds is 3. The van der Waals surface area contributed by atoms with Gasteiger partial charge in [-0.05, 0) is 6.92 Å². The van der Waals surface area contributed by atoms with Crippen molar-refractivity contribution >= 4 is 11.9 Å². The van der Waals surface area contributed by atoms with Crippen LogP contribution in [-0.4, -0.2) is 45.8 Å². The van der Waals surface area contributed by atoms with E-state index < -0.39 is 18.2 Å². The quantitative estimate of drug-likeness (QED) is 0.853. The summed E-state index contributed by atoms with van der Waals surface area (Å²) in [6.07, 6.45) is -0.182. The summed E-state index contributed by atoms with van der Waals surface area (Å²) in [5, 5.41) is 12.4. The molecule has 1 aliphatic heterocycles. The van der Waals surface area contributed by atoms with Gasteiger partial charge in [-0.1, -0.05) is 5.16 Å². The van der Waals surface area contributed by atoms with Crippen LogP contribution in [0.5, 0.6) is 0 Å². The number of alkyl halides is 1. The zero-order chi connectivity index (χ0) is 13.3. The zero-order valence-electron chi connectivity index (χ0n) is 9.85. The molecule has 1 fully saturated rings. The van der Waals surface area contributed by atoms with Gasteiger partial charge in [0.2, 0.25) is 11.6 Å². The number of hydrogen-bond acceptors (Lipinski definition) is 4. The number of carbonyl (C=O) groups excluding carboxylic acids is 1. The Labute approximate surface area is 102 Å². The van der Waals surface area contributed by atoms with Crippen molar-refractivity contribution in [2.75, 3.05) is 13.1 Å². The molecule has 1 amide bonds. The van der Waals surface area contributed by atoms with E-state index in [1.165, 1.54) is 4.90 Å². The van der Waals surface area contributed by atoms with E-state index in [0.717, 1.165) is 0 Å². The molecule has 1 unspecified atom stereocenters. The molecule has 0 spiro atoms. The number of halogens is 1. The molecular weight excluding hydrogens is 243 g/mol. The van der Waals surface area contributed by atoms with Gasteiger partial charge in [0.25, 0.3) is 0 Å². The zero-order valence-corrected chi connectivity index (χ0v) is 9.85. The van der Waals surface area contributed by atoms with Crippen LogP contribution in [0.2, 0.25) is 0 Å². The molecule has 0 saturated carbocycles. The number of hydrogen-bond donors (Lipinski definition) is 1. The summed E-state index contributed by atoms with van der Waals surface area (Å²) in [7, 11) is 0. The number of amides is 1. The van der Waals surface area contributed by atoms with Gasteiger partial charge >= 0.3 is 5.97 Å². The van der Waals surface area contributed by atoms with E-state index in [1.807, 2.05) is 0 Å². The molecular formula is C11H13FN2O4. The molecule has 1 aromatic heterocycles. The highest BCUT2D eigenvalue weighted by Gasteiger charge is 2.46. The molecule has 0 bridgehead atoms. The number of aliphatic carboxylic acids is 1. The van der Waals surface area contributed by atoms with Crippen LogP contribution in [0, 0.1) is 6.92 Å². The van der Waals surface area contributed by atoms with Gasteiger partial charge in [0.15, 0.2) is 0 Å². The number of carboxylic acids is 1. The van der Waals surface area contributed by atoms with Crippen LogP contribution in [0.1, 0.15) is 17.9 Å². The fourth-order valence-electron chi connectivity index (χ4n) is 1.93. The van der Waals surface area contributed by atoms with E-state index >= 15 is 0 Å². The van der Waals surface area contributed by atoms with Crippen molar-refractivity contribution in [3.8, 4) is 0 Å². The highest BCUT2D eigenvalue weighted by molar-refractivity contribution is 5.83. The first-order valence-corrected chi connectivity index (χ1v) is 5.53. The van der Waals surface area contributed by atoms with Gasteiger partial charge in [-0.25, -0.2) is 9.18 Å². The summed E-state index contributed by atoms with van der Waals surface area (Å²) in [5.74, 6) is -1.27. The smallest absolute Gasteiger partial charge is 0.343 e. The maximum Gasteiger partial charge on any atom is 0.343 e. The molecule has 1 aliphatic rings. The molecule has 0 aliphatic carbocycles. The minimum absolute atomic E-state index is 0.00691. The molecule has 2 heterocycles. The first-order chi connectivity index (χ1) is 8.40. The van der Waals surface area contributed by atoms with Crippen molar-refractivity contribution < 1.29 is 23.6 Å². The minimum Gasteiger partial charge on any atom is -0.479 e. The molecule has 1 atom stereocenters. The predicted molar refractivity (Wildman–Crippen MR) is 57.6 cm³/mol. The maximum absolute atomic E-state index is 13.8. The Bertz CT molecular complexity index is 487. The second-order valence-corrected chi connectivity index (χ2v) is 4.44. The molecule has 2 rings (SSSR count). The highest BCUT2D eigenvalue weighted by atomic mass is 19.1. The average molecular weight is 256 g/mol. The minimum atomic E-state index is -2.32. The van der Waals surface area contributed by atoms with Crippen molar-refractivity contribution in [2.45, 2.75) is 25.4 Å². The van der Waals surface area contributed by atoms with E-state index in [4.69, 9.17) is 9.63 Å². The molecule has 18 heavy (non-hydrogen) atoms. The molecule has 1 aromatic rings. The molecule has 1 saturated heterocycles. The Morgan fingerprint density at radius 3 is 2.89 bits per heavy atom. The van der Waals surface area contributed by atoms with Crippen LogP contribution in [0.3, 0.4) is 0 Å². The molecule has 0 aromatic carbocycles. The second kappa shape index (κ2) is 4.40. The molecule has 98 valence electrons. The van der Waals surface area contributed by atoms with Crippen LogP contribution in [0.25, 0.3) is 0 Å². The lowest BCUT2D eigenvalue weighted by atomic mass is 10.1. The third-order valence-electron chi connectivity index (χ3n) is 2.96. The number of carboxylic acid groups (broad SMARTS) is 1. The largest absolute Gasteiger partial charge is 0.479 e. The predicted octanol–water partition coefficient (Wildman–Crippen LogP) is 0.551. The third-order valence-corrected chi connectivity index (χ3v) is 2.96. The summed E-state index contributed by atoms with van der Waals surface area (Å²) >= 11 is 0. The summed E-state index contributed by atoms with van der Waals surface area (Å²) < 4.78 is 18.6. The first kappa shape index (κ1) is 12.5. The van der Waals surface area contributed by atoms with Gasteiger partial charge < -0.3 is 14.5 Å². The van der Waals surface area contributed by atoms with Crippen molar-refractivity contribution in [3.05, 3.63) is 17.5 Å². The summed E-state index contributed by atoms with van der Waals surface area (Å²) in [4.78, 5) is 23.7. The van der Waals surface area contributed by atoms with E-state index in [-0.39, 0.29) is 25.3 Å². The van der Waals surface area contributed by atoms with Gasteiger partial charge in [-0.3, -0.25) is 4.79 Å². The molecule has 1 N–H and O–H groups in total. The first-order valence-electron chi connectivity index (χ1n) is 5.53. The van der Waals surface area contributed by atoms with Crippen LogP contribution in [0.4, 0.5) is 4.39 Å². The van der Waals surface area contributed by atoms with Crippen molar-refractivity contribution in [1.29, 1.82) is 0 Å². The van der Waals surface area contributed by atoms with Gasteiger partial charge in [-0.15, -0.1) is 0 Å². The highest BCUT2D eigenvalue weighted by Crippen LogP contribution is 2.26. The van der Waals surface area contributed by atoms with Crippen molar-refractivity contribution in [3.63, 3.8) is 0 Å².